The van der Waals surface area contributed by atoms with Crippen molar-refractivity contribution in [3.8, 4) is 0 Å². The third-order valence-corrected chi connectivity index (χ3v) is 4.97. The molecule has 154 valence electrons. The molecule has 0 atom stereocenters. The fraction of sp³-hybridized carbons (Fsp3) is 0.435. The van der Waals surface area contributed by atoms with Gasteiger partial charge in [0.1, 0.15) is 0 Å². The van der Waals surface area contributed by atoms with Crippen LogP contribution < -0.4 is 10.6 Å². The van der Waals surface area contributed by atoms with Gasteiger partial charge in [0.15, 0.2) is 0 Å². The van der Waals surface area contributed by atoms with Gasteiger partial charge in [-0.15, -0.1) is 0 Å². The average molecular weight is 396 g/mol. The molecule has 0 saturated carbocycles. The topological polar surface area (TPSA) is 78.5 Å². The largest absolute Gasteiger partial charge is 0.356 e. The molecule has 2 aromatic carbocycles. The fourth-order valence-corrected chi connectivity index (χ4v) is 3.55. The summed E-state index contributed by atoms with van der Waals surface area (Å²) < 4.78 is 0. The number of imide groups is 1. The van der Waals surface area contributed by atoms with Crippen LogP contribution in [-0.4, -0.2) is 47.8 Å². The van der Waals surface area contributed by atoms with Gasteiger partial charge in [-0.1, -0.05) is 24.3 Å². The zero-order chi connectivity index (χ0) is 21.0. The lowest BCUT2D eigenvalue weighted by molar-refractivity contribution is -0.121. The Bertz CT molecular complexity index is 880. The third kappa shape index (κ3) is 5.01. The highest BCUT2D eigenvalue weighted by atomic mass is 16.2. The van der Waals surface area contributed by atoms with Crippen molar-refractivity contribution in [3.63, 3.8) is 0 Å². The first kappa shape index (κ1) is 21.0. The van der Waals surface area contributed by atoms with E-state index in [1.165, 1.54) is 4.90 Å². The van der Waals surface area contributed by atoms with Crippen molar-refractivity contribution in [3.05, 3.63) is 47.5 Å². The summed E-state index contributed by atoms with van der Waals surface area (Å²) >= 11 is 0. The molecular formula is C23H29N3O3. The summed E-state index contributed by atoms with van der Waals surface area (Å²) in [5.74, 6) is -0.624. The van der Waals surface area contributed by atoms with E-state index in [-0.39, 0.29) is 36.2 Å². The van der Waals surface area contributed by atoms with Gasteiger partial charge in [-0.3, -0.25) is 19.3 Å². The van der Waals surface area contributed by atoms with E-state index in [1.54, 1.807) is 12.1 Å². The van der Waals surface area contributed by atoms with Gasteiger partial charge in [0.2, 0.25) is 5.91 Å². The molecule has 1 heterocycles. The van der Waals surface area contributed by atoms with Crippen molar-refractivity contribution in [1.29, 1.82) is 0 Å². The van der Waals surface area contributed by atoms with Crippen molar-refractivity contribution in [2.45, 2.75) is 45.6 Å². The number of nitrogens with one attached hydrogen (secondary N) is 2. The molecule has 2 N–H and O–H groups in total. The third-order valence-electron chi connectivity index (χ3n) is 4.97. The van der Waals surface area contributed by atoms with Gasteiger partial charge in [0.25, 0.3) is 11.8 Å². The lowest BCUT2D eigenvalue weighted by atomic mass is 9.94. The Kier molecular flexibility index (Phi) is 6.33. The summed E-state index contributed by atoms with van der Waals surface area (Å²) in [6.07, 6.45) is 1.59. The zero-order valence-corrected chi connectivity index (χ0v) is 17.4. The van der Waals surface area contributed by atoms with E-state index in [9.17, 15) is 14.4 Å². The highest BCUT2D eigenvalue weighted by Crippen LogP contribution is 2.29. The first-order chi connectivity index (χ1) is 13.8. The molecule has 0 fully saturated rings. The quantitative estimate of drug-likeness (QED) is 0.532. The molecule has 6 nitrogen and oxygen atoms in total. The van der Waals surface area contributed by atoms with Gasteiger partial charge in [-0.05, 0) is 57.7 Å². The number of benzene rings is 2. The van der Waals surface area contributed by atoms with Crippen LogP contribution in [0.15, 0.2) is 36.4 Å². The Hall–Kier alpha value is -2.73. The van der Waals surface area contributed by atoms with Crippen LogP contribution in [0.2, 0.25) is 0 Å². The van der Waals surface area contributed by atoms with E-state index in [2.05, 4.69) is 31.4 Å². The van der Waals surface area contributed by atoms with Crippen molar-refractivity contribution in [2.24, 2.45) is 0 Å². The van der Waals surface area contributed by atoms with E-state index < -0.39 is 0 Å². The van der Waals surface area contributed by atoms with Crippen LogP contribution in [0.5, 0.6) is 0 Å². The standard InChI is InChI=1S/C23H29N3O3/c1-23(2,3)25-14-7-13-24-19(27)12-6-15-26-21(28)17-10-4-8-16-9-5-11-18(20(16)17)22(26)29/h4-5,8-11,25H,6-7,12-15H2,1-3H3,(H,24,27). The molecule has 0 spiro atoms. The molecule has 29 heavy (non-hydrogen) atoms. The van der Waals surface area contributed by atoms with Gasteiger partial charge in [-0.25, -0.2) is 0 Å². The number of hydrogen-bond acceptors (Lipinski definition) is 4. The highest BCUT2D eigenvalue weighted by molar-refractivity contribution is 6.25. The Morgan fingerprint density at radius 2 is 1.55 bits per heavy atom. The fourth-order valence-electron chi connectivity index (χ4n) is 3.55. The molecule has 3 amide bonds. The number of hydrogen-bond donors (Lipinski definition) is 2. The summed E-state index contributed by atoms with van der Waals surface area (Å²) in [4.78, 5) is 38.9. The summed E-state index contributed by atoms with van der Waals surface area (Å²) in [5.41, 5.74) is 1.17. The lowest BCUT2D eigenvalue weighted by Gasteiger charge is -2.27. The Balaban J connectivity index is 1.50. The second kappa shape index (κ2) is 8.74. The van der Waals surface area contributed by atoms with Gasteiger partial charge >= 0.3 is 0 Å². The van der Waals surface area contributed by atoms with E-state index in [0.717, 1.165) is 23.7 Å². The van der Waals surface area contributed by atoms with E-state index in [1.807, 2.05) is 24.3 Å². The summed E-state index contributed by atoms with van der Waals surface area (Å²) in [6.45, 7) is 8.00. The maximum absolute atomic E-state index is 12.8. The van der Waals surface area contributed by atoms with Crippen LogP contribution in [0.25, 0.3) is 10.8 Å². The van der Waals surface area contributed by atoms with Crippen molar-refractivity contribution in [1.82, 2.24) is 15.5 Å². The van der Waals surface area contributed by atoms with Crippen molar-refractivity contribution < 1.29 is 14.4 Å². The monoisotopic (exact) mass is 395 g/mol. The van der Waals surface area contributed by atoms with Crippen molar-refractivity contribution in [2.75, 3.05) is 19.6 Å². The number of nitrogens with zero attached hydrogens (tertiary/aromatic N) is 1. The van der Waals surface area contributed by atoms with Gasteiger partial charge < -0.3 is 10.6 Å². The normalized spacial score (nSPS) is 13.8. The second-order valence-electron chi connectivity index (χ2n) is 8.46. The number of rotatable bonds is 8. The van der Waals surface area contributed by atoms with E-state index in [0.29, 0.717) is 24.1 Å². The van der Waals surface area contributed by atoms with Crippen LogP contribution in [0, 0.1) is 0 Å². The molecule has 0 aromatic heterocycles. The Morgan fingerprint density at radius 3 is 2.14 bits per heavy atom. The van der Waals surface area contributed by atoms with E-state index in [4.69, 9.17) is 0 Å². The number of carbonyl (C=O) groups is 3. The minimum Gasteiger partial charge on any atom is -0.356 e. The number of amides is 3. The molecule has 3 rings (SSSR count). The smallest absolute Gasteiger partial charge is 0.261 e. The molecular weight excluding hydrogens is 366 g/mol. The Morgan fingerprint density at radius 1 is 0.931 bits per heavy atom. The molecule has 0 aliphatic carbocycles. The molecule has 2 aromatic rings. The van der Waals surface area contributed by atoms with E-state index >= 15 is 0 Å². The average Bonchev–Trinajstić information content (AvgIpc) is 2.67. The summed E-state index contributed by atoms with van der Waals surface area (Å²) in [6, 6.07) is 11.0. The predicted octanol–water partition coefficient (Wildman–Crippen LogP) is 3.11. The maximum atomic E-state index is 12.8. The highest BCUT2D eigenvalue weighted by Gasteiger charge is 2.32. The molecule has 1 aliphatic rings. The van der Waals surface area contributed by atoms with Gasteiger partial charge in [0, 0.05) is 41.6 Å². The molecule has 0 radical (unpaired) electrons. The second-order valence-corrected chi connectivity index (χ2v) is 8.46. The molecule has 0 bridgehead atoms. The van der Waals surface area contributed by atoms with Gasteiger partial charge in [0.05, 0.1) is 0 Å². The molecule has 0 unspecified atom stereocenters. The Labute approximate surface area is 171 Å². The van der Waals surface area contributed by atoms with Crippen LogP contribution >= 0.6 is 0 Å². The zero-order valence-electron chi connectivity index (χ0n) is 17.4. The van der Waals surface area contributed by atoms with Crippen molar-refractivity contribution >= 4 is 28.5 Å². The lowest BCUT2D eigenvalue weighted by Crippen LogP contribution is -2.41. The van der Waals surface area contributed by atoms with Crippen LogP contribution in [0.3, 0.4) is 0 Å². The van der Waals surface area contributed by atoms with Crippen LogP contribution in [0.1, 0.15) is 60.7 Å². The predicted molar refractivity (Wildman–Crippen MR) is 114 cm³/mol. The molecule has 6 heteroatoms. The minimum absolute atomic E-state index is 0.0554. The van der Waals surface area contributed by atoms with Gasteiger partial charge in [-0.2, -0.15) is 0 Å². The first-order valence-electron chi connectivity index (χ1n) is 10.2. The minimum atomic E-state index is -0.284. The molecule has 0 saturated heterocycles. The summed E-state index contributed by atoms with van der Waals surface area (Å²) in [5, 5.41) is 7.88. The maximum Gasteiger partial charge on any atom is 0.261 e. The SMILES string of the molecule is CC(C)(C)NCCCNC(=O)CCCN1C(=O)c2cccc3cccc(c23)C1=O. The van der Waals surface area contributed by atoms with Crippen LogP contribution in [-0.2, 0) is 4.79 Å². The molecule has 1 aliphatic heterocycles. The summed E-state index contributed by atoms with van der Waals surface area (Å²) in [7, 11) is 0. The van der Waals surface area contributed by atoms with Crippen LogP contribution in [0.4, 0.5) is 0 Å². The first-order valence-corrected chi connectivity index (χ1v) is 10.2. The number of carbonyl (C=O) groups excluding carboxylic acids is 3.